The van der Waals surface area contributed by atoms with Gasteiger partial charge in [0.15, 0.2) is 5.82 Å². The minimum Gasteiger partial charge on any atom is -0.352 e. The number of nitrogens with one attached hydrogen (secondary N) is 2. The van der Waals surface area contributed by atoms with Crippen molar-refractivity contribution >= 4 is 28.6 Å². The molecular weight excluding hydrogens is 373 g/mol. The third-order valence-electron chi connectivity index (χ3n) is 5.18. The molecule has 8 heteroatoms. The lowest BCUT2D eigenvalue weighted by Crippen LogP contribution is -2.47. The molecule has 0 radical (unpaired) electrons. The second-order valence-corrected chi connectivity index (χ2v) is 7.16. The van der Waals surface area contributed by atoms with Crippen molar-refractivity contribution in [2.24, 2.45) is 7.05 Å². The quantitative estimate of drug-likeness (QED) is 0.715. The summed E-state index contributed by atoms with van der Waals surface area (Å²) < 4.78 is 14.8. The van der Waals surface area contributed by atoms with Crippen LogP contribution in [0.3, 0.4) is 0 Å². The predicted molar refractivity (Wildman–Crippen MR) is 111 cm³/mol. The second-order valence-electron chi connectivity index (χ2n) is 7.16. The average molecular weight is 395 g/mol. The van der Waals surface area contributed by atoms with Gasteiger partial charge in [0.25, 0.3) is 5.56 Å². The monoisotopic (exact) mass is 395 g/mol. The first-order valence-electron chi connectivity index (χ1n) is 9.55. The largest absolute Gasteiger partial charge is 0.352 e. The first-order chi connectivity index (χ1) is 14.0. The molecule has 1 aliphatic heterocycles. The van der Waals surface area contributed by atoms with Crippen LogP contribution < -0.4 is 21.1 Å². The summed E-state index contributed by atoms with van der Waals surface area (Å²) in [5.41, 5.74) is 1.86. The number of halogens is 1. The Morgan fingerprint density at radius 2 is 1.90 bits per heavy atom. The molecule has 1 aromatic heterocycles. The van der Waals surface area contributed by atoms with Gasteiger partial charge < -0.3 is 20.1 Å². The zero-order chi connectivity index (χ0) is 20.4. The van der Waals surface area contributed by atoms with E-state index in [0.717, 1.165) is 11.0 Å². The molecular formula is C21H22FN5O2. The van der Waals surface area contributed by atoms with Gasteiger partial charge in [-0.15, -0.1) is 0 Å². The fourth-order valence-electron chi connectivity index (χ4n) is 3.62. The SMILES string of the molecule is Cn1c(=O)c(N2CCC(NC(=O)Nc3cccc(F)c3)CC2)nc2ccccc21. The van der Waals surface area contributed by atoms with Gasteiger partial charge in [-0.3, -0.25) is 4.79 Å². The molecule has 1 aliphatic rings. The van der Waals surface area contributed by atoms with Crippen LogP contribution in [-0.4, -0.2) is 34.7 Å². The zero-order valence-electron chi connectivity index (χ0n) is 16.1. The van der Waals surface area contributed by atoms with E-state index in [1.165, 1.54) is 12.1 Å². The number of amides is 2. The number of carbonyl (C=O) groups is 1. The number of fused-ring (bicyclic) bond motifs is 1. The third-order valence-corrected chi connectivity index (χ3v) is 5.18. The van der Waals surface area contributed by atoms with Gasteiger partial charge in [-0.05, 0) is 43.2 Å². The van der Waals surface area contributed by atoms with Gasteiger partial charge in [-0.1, -0.05) is 18.2 Å². The molecule has 0 atom stereocenters. The molecule has 2 aromatic carbocycles. The molecule has 3 aromatic rings. The molecule has 1 saturated heterocycles. The third kappa shape index (κ3) is 4.06. The number of rotatable bonds is 3. The summed E-state index contributed by atoms with van der Waals surface area (Å²) in [5.74, 6) is 0.0365. The van der Waals surface area contributed by atoms with E-state index in [-0.39, 0.29) is 17.6 Å². The van der Waals surface area contributed by atoms with E-state index in [2.05, 4.69) is 15.6 Å². The van der Waals surface area contributed by atoms with Crippen molar-refractivity contribution in [1.29, 1.82) is 0 Å². The number of aromatic nitrogens is 2. The number of carbonyl (C=O) groups excluding carboxylic acids is 1. The van der Waals surface area contributed by atoms with Crippen LogP contribution in [0.5, 0.6) is 0 Å². The van der Waals surface area contributed by atoms with Crippen LogP contribution in [0.15, 0.2) is 53.3 Å². The highest BCUT2D eigenvalue weighted by atomic mass is 19.1. The molecule has 0 saturated carbocycles. The van der Waals surface area contributed by atoms with Crippen LogP contribution in [0.4, 0.5) is 20.7 Å². The molecule has 0 bridgehead atoms. The summed E-state index contributed by atoms with van der Waals surface area (Å²) in [6, 6.07) is 12.9. The summed E-state index contributed by atoms with van der Waals surface area (Å²) in [7, 11) is 1.75. The number of piperidine rings is 1. The molecule has 1 fully saturated rings. The molecule has 2 N–H and O–H groups in total. The van der Waals surface area contributed by atoms with Crippen LogP contribution in [0.1, 0.15) is 12.8 Å². The van der Waals surface area contributed by atoms with Gasteiger partial charge in [0, 0.05) is 31.9 Å². The van der Waals surface area contributed by atoms with Crippen LogP contribution in [0.25, 0.3) is 11.0 Å². The molecule has 2 heterocycles. The summed E-state index contributed by atoms with van der Waals surface area (Å²) in [6.45, 7) is 1.23. The maximum atomic E-state index is 13.2. The molecule has 29 heavy (non-hydrogen) atoms. The summed E-state index contributed by atoms with van der Waals surface area (Å²) in [4.78, 5) is 31.4. The topological polar surface area (TPSA) is 79.3 Å². The van der Waals surface area contributed by atoms with Gasteiger partial charge in [0.1, 0.15) is 5.82 Å². The Kier molecular flexibility index (Phi) is 5.16. The molecule has 2 amide bonds. The van der Waals surface area contributed by atoms with Gasteiger partial charge in [0.05, 0.1) is 11.0 Å². The Morgan fingerprint density at radius 1 is 1.14 bits per heavy atom. The van der Waals surface area contributed by atoms with Gasteiger partial charge in [-0.25, -0.2) is 14.2 Å². The molecule has 0 spiro atoms. The van der Waals surface area contributed by atoms with E-state index in [0.29, 0.717) is 37.4 Å². The van der Waals surface area contributed by atoms with E-state index < -0.39 is 5.82 Å². The highest BCUT2D eigenvalue weighted by molar-refractivity contribution is 5.89. The van der Waals surface area contributed by atoms with Crippen LogP contribution >= 0.6 is 0 Å². The minimum atomic E-state index is -0.402. The van der Waals surface area contributed by atoms with Crippen molar-refractivity contribution < 1.29 is 9.18 Å². The van der Waals surface area contributed by atoms with E-state index in [4.69, 9.17) is 0 Å². The maximum Gasteiger partial charge on any atom is 0.319 e. The fourth-order valence-corrected chi connectivity index (χ4v) is 3.62. The van der Waals surface area contributed by atoms with Gasteiger partial charge in [0.2, 0.25) is 0 Å². The maximum absolute atomic E-state index is 13.2. The Labute approximate surface area is 167 Å². The van der Waals surface area contributed by atoms with Crippen LogP contribution in [0.2, 0.25) is 0 Å². The van der Waals surface area contributed by atoms with Gasteiger partial charge in [-0.2, -0.15) is 0 Å². The van der Waals surface area contributed by atoms with Crippen LogP contribution in [0, 0.1) is 5.82 Å². The van der Waals surface area contributed by atoms with E-state index in [9.17, 15) is 14.0 Å². The number of benzene rings is 2. The number of aryl methyl sites for hydroxylation is 1. The van der Waals surface area contributed by atoms with E-state index in [1.807, 2.05) is 29.2 Å². The Bertz CT molecular complexity index is 1110. The van der Waals surface area contributed by atoms with Crippen molar-refractivity contribution in [3.05, 3.63) is 64.7 Å². The van der Waals surface area contributed by atoms with Crippen molar-refractivity contribution in [3.8, 4) is 0 Å². The molecule has 7 nitrogen and oxygen atoms in total. The second kappa shape index (κ2) is 7.90. The smallest absolute Gasteiger partial charge is 0.319 e. The number of para-hydroxylation sites is 2. The molecule has 150 valence electrons. The van der Waals surface area contributed by atoms with Gasteiger partial charge >= 0.3 is 6.03 Å². The zero-order valence-corrected chi connectivity index (χ0v) is 16.1. The fraction of sp³-hybridized carbons (Fsp3) is 0.286. The van der Waals surface area contributed by atoms with Crippen molar-refractivity contribution in [1.82, 2.24) is 14.9 Å². The summed E-state index contributed by atoms with van der Waals surface area (Å²) in [5, 5.41) is 5.55. The van der Waals surface area contributed by atoms with Crippen molar-refractivity contribution in [3.63, 3.8) is 0 Å². The lowest BCUT2D eigenvalue weighted by molar-refractivity contribution is 0.246. The highest BCUT2D eigenvalue weighted by Crippen LogP contribution is 2.18. The first kappa shape index (κ1) is 18.9. The Morgan fingerprint density at radius 3 is 2.66 bits per heavy atom. The minimum absolute atomic E-state index is 0.0240. The summed E-state index contributed by atoms with van der Waals surface area (Å²) >= 11 is 0. The Balaban J connectivity index is 1.39. The Hall–Kier alpha value is -3.42. The van der Waals surface area contributed by atoms with E-state index in [1.54, 1.807) is 23.7 Å². The lowest BCUT2D eigenvalue weighted by atomic mass is 10.1. The molecule has 4 rings (SSSR count). The molecule has 0 unspecified atom stereocenters. The number of urea groups is 1. The van der Waals surface area contributed by atoms with Crippen molar-refractivity contribution in [2.45, 2.75) is 18.9 Å². The first-order valence-corrected chi connectivity index (χ1v) is 9.55. The van der Waals surface area contributed by atoms with E-state index >= 15 is 0 Å². The predicted octanol–water partition coefficient (Wildman–Crippen LogP) is 2.86. The molecule has 0 aliphatic carbocycles. The van der Waals surface area contributed by atoms with Crippen molar-refractivity contribution in [2.75, 3.05) is 23.3 Å². The summed E-state index contributed by atoms with van der Waals surface area (Å²) in [6.07, 6.45) is 1.38. The average Bonchev–Trinajstić information content (AvgIpc) is 2.71. The lowest BCUT2D eigenvalue weighted by Gasteiger charge is -2.33. The number of nitrogens with zero attached hydrogens (tertiary/aromatic N) is 3. The normalized spacial score (nSPS) is 14.8. The number of hydrogen-bond donors (Lipinski definition) is 2. The highest BCUT2D eigenvalue weighted by Gasteiger charge is 2.24. The van der Waals surface area contributed by atoms with Crippen LogP contribution in [-0.2, 0) is 7.05 Å². The number of hydrogen-bond acceptors (Lipinski definition) is 4. The number of anilines is 2. The standard InChI is InChI=1S/C21H22FN5O2/c1-26-18-8-3-2-7-17(18)25-19(20(26)28)27-11-9-15(10-12-27)23-21(29)24-16-6-4-5-14(22)13-16/h2-8,13,15H,9-12H2,1H3,(H2,23,24,29).